The number of hydrogen-bond donors (Lipinski definition) is 2. The fourth-order valence-electron chi connectivity index (χ4n) is 4.07. The van der Waals surface area contributed by atoms with Gasteiger partial charge in [-0.3, -0.25) is 4.79 Å². The van der Waals surface area contributed by atoms with E-state index in [0.717, 1.165) is 50.9 Å². The molecule has 0 atom stereocenters. The van der Waals surface area contributed by atoms with Crippen molar-refractivity contribution in [3.63, 3.8) is 0 Å². The van der Waals surface area contributed by atoms with E-state index in [-0.39, 0.29) is 5.92 Å². The van der Waals surface area contributed by atoms with Gasteiger partial charge in [-0.05, 0) is 56.1 Å². The lowest BCUT2D eigenvalue weighted by molar-refractivity contribution is -0.143. The second-order valence-electron chi connectivity index (χ2n) is 8.59. The first-order valence-corrected chi connectivity index (χ1v) is 11.8. The summed E-state index contributed by atoms with van der Waals surface area (Å²) < 4.78 is 26.3. The molecule has 0 aliphatic heterocycles. The molecule has 30 heavy (non-hydrogen) atoms. The quantitative estimate of drug-likeness (QED) is 0.357. The summed E-state index contributed by atoms with van der Waals surface area (Å²) in [5.74, 6) is -2.47. The molecule has 5 heteroatoms. The van der Waals surface area contributed by atoms with E-state index in [1.807, 2.05) is 0 Å². The van der Waals surface area contributed by atoms with Crippen molar-refractivity contribution in [3.05, 3.63) is 29.3 Å². The fraction of sp³-hybridized carbons (Fsp3) is 0.720. The van der Waals surface area contributed by atoms with Gasteiger partial charge in [0, 0.05) is 0 Å². The van der Waals surface area contributed by atoms with Gasteiger partial charge in [-0.15, -0.1) is 0 Å². The normalized spacial score (nSPS) is 18.5. The summed E-state index contributed by atoms with van der Waals surface area (Å²) in [4.78, 5) is 10.7. The fourth-order valence-corrected chi connectivity index (χ4v) is 4.07. The molecule has 0 aromatic heterocycles. The molecule has 1 aromatic carbocycles. The Labute approximate surface area is 180 Å². The molecule has 1 fully saturated rings. The van der Waals surface area contributed by atoms with Gasteiger partial charge in [0.2, 0.25) is 5.82 Å². The average Bonchev–Trinajstić information content (AvgIpc) is 2.74. The van der Waals surface area contributed by atoms with Crippen LogP contribution in [0.3, 0.4) is 0 Å². The molecular formula is C25H40F2O3. The van der Waals surface area contributed by atoms with Crippen molar-refractivity contribution in [2.45, 2.75) is 104 Å². The summed E-state index contributed by atoms with van der Waals surface area (Å²) in [6.45, 7) is 4.36. The molecule has 0 heterocycles. The van der Waals surface area contributed by atoms with E-state index in [4.69, 9.17) is 10.2 Å². The highest BCUT2D eigenvalue weighted by molar-refractivity contribution is 5.69. The lowest BCUT2D eigenvalue weighted by atomic mass is 9.80. The van der Waals surface area contributed by atoms with Gasteiger partial charge >= 0.3 is 5.97 Å². The highest BCUT2D eigenvalue weighted by Crippen LogP contribution is 2.32. The largest absolute Gasteiger partial charge is 0.505 e. The van der Waals surface area contributed by atoms with E-state index in [2.05, 4.69) is 13.8 Å². The number of phenols is 1. The van der Waals surface area contributed by atoms with Crippen LogP contribution in [-0.2, 0) is 11.2 Å². The maximum Gasteiger partial charge on any atom is 0.306 e. The van der Waals surface area contributed by atoms with E-state index < -0.39 is 23.4 Å². The molecule has 172 valence electrons. The molecule has 1 saturated carbocycles. The SMILES string of the molecule is CCCCCC1CCC(C(=O)O)CC1.CCCCCCCc1ccc(O)c(F)c1F. The number of hydrogen-bond acceptors (Lipinski definition) is 2. The highest BCUT2D eigenvalue weighted by Gasteiger charge is 2.25. The third kappa shape index (κ3) is 9.90. The minimum absolute atomic E-state index is 0.0441. The van der Waals surface area contributed by atoms with Gasteiger partial charge in [-0.25, -0.2) is 4.39 Å². The van der Waals surface area contributed by atoms with E-state index in [9.17, 15) is 13.6 Å². The van der Waals surface area contributed by atoms with Crippen LogP contribution in [0.5, 0.6) is 5.75 Å². The van der Waals surface area contributed by atoms with Gasteiger partial charge in [0.05, 0.1) is 5.92 Å². The Morgan fingerprint density at radius 3 is 2.10 bits per heavy atom. The monoisotopic (exact) mass is 426 g/mol. The molecular weight excluding hydrogens is 386 g/mol. The van der Waals surface area contributed by atoms with Gasteiger partial charge in [0.1, 0.15) is 0 Å². The number of carboxylic acids is 1. The Bertz CT molecular complexity index is 611. The predicted octanol–water partition coefficient (Wildman–Crippen LogP) is 7.64. The molecule has 0 bridgehead atoms. The number of halogens is 2. The maximum atomic E-state index is 13.3. The lowest BCUT2D eigenvalue weighted by Gasteiger charge is -2.25. The van der Waals surface area contributed by atoms with Gasteiger partial charge in [0.15, 0.2) is 11.6 Å². The number of aliphatic carboxylic acids is 1. The van der Waals surface area contributed by atoms with Crippen LogP contribution >= 0.6 is 0 Å². The standard InChI is InChI=1S/C13H18F2O.C12H22O2/c1-2-3-4-5-6-7-10-8-9-11(16)13(15)12(10)14;1-2-3-4-5-10-6-8-11(9-7-10)12(13)14/h8-9,16H,2-7H2,1H3;10-11H,2-9H2,1H3,(H,13,14). The molecule has 3 nitrogen and oxygen atoms in total. The number of unbranched alkanes of at least 4 members (excludes halogenated alkanes) is 6. The number of carbonyl (C=O) groups is 1. The number of benzene rings is 1. The molecule has 1 aliphatic rings. The smallest absolute Gasteiger partial charge is 0.306 e. The number of aryl methyl sites for hydroxylation is 1. The number of carboxylic acid groups (broad SMARTS) is 1. The van der Waals surface area contributed by atoms with Crippen molar-refractivity contribution in [3.8, 4) is 5.75 Å². The van der Waals surface area contributed by atoms with Crippen LogP contribution in [0.15, 0.2) is 12.1 Å². The third-order valence-corrected chi connectivity index (χ3v) is 6.10. The van der Waals surface area contributed by atoms with Crippen LogP contribution in [0.1, 0.15) is 103 Å². The summed E-state index contributed by atoms with van der Waals surface area (Å²) in [6.07, 6.45) is 15.3. The van der Waals surface area contributed by atoms with Crippen LogP contribution in [0.4, 0.5) is 8.78 Å². The van der Waals surface area contributed by atoms with Crippen LogP contribution < -0.4 is 0 Å². The van der Waals surface area contributed by atoms with Gasteiger partial charge < -0.3 is 10.2 Å². The molecule has 2 N–H and O–H groups in total. The molecule has 0 radical (unpaired) electrons. The van der Waals surface area contributed by atoms with Crippen molar-refractivity contribution in [2.75, 3.05) is 0 Å². The van der Waals surface area contributed by atoms with Crippen molar-refractivity contribution in [1.82, 2.24) is 0 Å². The Balaban J connectivity index is 0.000000303. The zero-order valence-electron chi connectivity index (χ0n) is 18.8. The molecule has 0 unspecified atom stereocenters. The van der Waals surface area contributed by atoms with Crippen LogP contribution in [0, 0.1) is 23.5 Å². The third-order valence-electron chi connectivity index (χ3n) is 6.10. The molecule has 1 aromatic rings. The lowest BCUT2D eigenvalue weighted by Crippen LogP contribution is -2.21. The van der Waals surface area contributed by atoms with Crippen LogP contribution in [0.25, 0.3) is 0 Å². The zero-order valence-corrected chi connectivity index (χ0v) is 18.8. The summed E-state index contributed by atoms with van der Waals surface area (Å²) in [6, 6.07) is 2.66. The van der Waals surface area contributed by atoms with Crippen molar-refractivity contribution < 1.29 is 23.8 Å². The van der Waals surface area contributed by atoms with Gasteiger partial charge in [0.25, 0.3) is 0 Å². The van der Waals surface area contributed by atoms with Gasteiger partial charge in [-0.1, -0.05) is 71.3 Å². The summed E-state index contributed by atoms with van der Waals surface area (Å²) >= 11 is 0. The summed E-state index contributed by atoms with van der Waals surface area (Å²) in [7, 11) is 0. The van der Waals surface area contributed by atoms with Crippen molar-refractivity contribution in [2.24, 2.45) is 11.8 Å². The minimum atomic E-state index is -1.13. The first-order chi connectivity index (χ1) is 14.4. The topological polar surface area (TPSA) is 57.5 Å². The maximum absolute atomic E-state index is 13.3. The molecule has 0 amide bonds. The molecule has 1 aliphatic carbocycles. The second kappa shape index (κ2) is 15.2. The number of phenolic OH excluding ortho intramolecular Hbond substituents is 1. The first-order valence-electron chi connectivity index (χ1n) is 11.8. The molecule has 0 spiro atoms. The van der Waals surface area contributed by atoms with Crippen molar-refractivity contribution >= 4 is 5.97 Å². The molecule has 2 rings (SSSR count). The number of rotatable bonds is 11. The van der Waals surface area contributed by atoms with E-state index in [1.165, 1.54) is 50.7 Å². The van der Waals surface area contributed by atoms with Crippen LogP contribution in [0.2, 0.25) is 0 Å². The van der Waals surface area contributed by atoms with Crippen LogP contribution in [-0.4, -0.2) is 16.2 Å². The Morgan fingerprint density at radius 1 is 0.900 bits per heavy atom. The Hall–Kier alpha value is -1.65. The zero-order chi connectivity index (χ0) is 22.4. The Kier molecular flexibility index (Phi) is 13.4. The van der Waals surface area contributed by atoms with E-state index >= 15 is 0 Å². The summed E-state index contributed by atoms with van der Waals surface area (Å²) in [5.41, 5.74) is 0.354. The second-order valence-corrected chi connectivity index (χ2v) is 8.59. The Morgan fingerprint density at radius 2 is 1.50 bits per heavy atom. The highest BCUT2D eigenvalue weighted by atomic mass is 19.2. The molecule has 0 saturated heterocycles. The minimum Gasteiger partial charge on any atom is -0.505 e. The summed E-state index contributed by atoms with van der Waals surface area (Å²) in [5, 5.41) is 17.8. The average molecular weight is 427 g/mol. The van der Waals surface area contributed by atoms with Crippen molar-refractivity contribution in [1.29, 1.82) is 0 Å². The van der Waals surface area contributed by atoms with E-state index in [0.29, 0.717) is 12.0 Å². The van der Waals surface area contributed by atoms with E-state index in [1.54, 1.807) is 0 Å². The predicted molar refractivity (Wildman–Crippen MR) is 118 cm³/mol. The first kappa shape index (κ1) is 26.4. The van der Waals surface area contributed by atoms with Gasteiger partial charge in [-0.2, -0.15) is 4.39 Å². The number of aromatic hydroxyl groups is 1.